The molecule has 20 heavy (non-hydrogen) atoms. The highest BCUT2D eigenvalue weighted by molar-refractivity contribution is 5.31. The summed E-state index contributed by atoms with van der Waals surface area (Å²) in [7, 11) is 0. The van der Waals surface area contributed by atoms with E-state index in [0.29, 0.717) is 6.54 Å². The quantitative estimate of drug-likeness (QED) is 0.842. The molecule has 1 unspecified atom stereocenters. The molecule has 0 radical (unpaired) electrons. The van der Waals surface area contributed by atoms with E-state index in [9.17, 15) is 0 Å². The Bertz CT molecular complexity index is 500. The van der Waals surface area contributed by atoms with Gasteiger partial charge in [-0.15, -0.1) is 0 Å². The van der Waals surface area contributed by atoms with Gasteiger partial charge in [0.15, 0.2) is 6.10 Å². The average molecular weight is 272 g/mol. The Labute approximate surface area is 119 Å². The van der Waals surface area contributed by atoms with Crippen LogP contribution < -0.4 is 15.2 Å². The standard InChI is InChI=1S/C16H20N2O2/c1-2-11-19-13-6-8-14(9-7-13)20-16(12-17)15-5-3-4-10-18-15/h3-10,16H,2,11-12,17H2,1H3. The molecule has 0 aliphatic rings. The van der Waals surface area contributed by atoms with Gasteiger partial charge in [-0.3, -0.25) is 4.98 Å². The monoisotopic (exact) mass is 272 g/mol. The van der Waals surface area contributed by atoms with Crippen LogP contribution in [0.2, 0.25) is 0 Å². The van der Waals surface area contributed by atoms with Crippen LogP contribution >= 0.6 is 0 Å². The molecule has 1 heterocycles. The number of ether oxygens (including phenoxy) is 2. The molecule has 1 aromatic heterocycles. The van der Waals surface area contributed by atoms with Gasteiger partial charge < -0.3 is 15.2 Å². The van der Waals surface area contributed by atoms with Crippen molar-refractivity contribution in [3.8, 4) is 11.5 Å². The number of benzene rings is 1. The van der Waals surface area contributed by atoms with Crippen LogP contribution in [0.4, 0.5) is 0 Å². The minimum Gasteiger partial charge on any atom is -0.494 e. The van der Waals surface area contributed by atoms with Gasteiger partial charge in [0, 0.05) is 12.7 Å². The van der Waals surface area contributed by atoms with Crippen LogP contribution in [0.1, 0.15) is 25.1 Å². The number of aromatic nitrogens is 1. The fraction of sp³-hybridized carbons (Fsp3) is 0.312. The largest absolute Gasteiger partial charge is 0.494 e. The Kier molecular flexibility index (Phi) is 5.38. The summed E-state index contributed by atoms with van der Waals surface area (Å²) in [4.78, 5) is 4.27. The van der Waals surface area contributed by atoms with E-state index in [4.69, 9.17) is 15.2 Å². The van der Waals surface area contributed by atoms with Crippen molar-refractivity contribution in [2.45, 2.75) is 19.4 Å². The van der Waals surface area contributed by atoms with Gasteiger partial charge in [-0.05, 0) is 42.8 Å². The lowest BCUT2D eigenvalue weighted by Crippen LogP contribution is -2.19. The van der Waals surface area contributed by atoms with E-state index in [0.717, 1.165) is 30.2 Å². The molecule has 2 rings (SSSR count). The zero-order chi connectivity index (χ0) is 14.2. The second kappa shape index (κ2) is 7.50. The van der Waals surface area contributed by atoms with E-state index in [1.165, 1.54) is 0 Å². The number of rotatable bonds is 7. The Hall–Kier alpha value is -2.07. The number of hydrogen-bond acceptors (Lipinski definition) is 4. The minimum absolute atomic E-state index is 0.237. The molecule has 106 valence electrons. The topological polar surface area (TPSA) is 57.4 Å². The van der Waals surface area contributed by atoms with Gasteiger partial charge in [0.05, 0.1) is 12.3 Å². The molecule has 0 amide bonds. The fourth-order valence-electron chi connectivity index (χ4n) is 1.79. The van der Waals surface area contributed by atoms with Crippen molar-refractivity contribution in [1.82, 2.24) is 4.98 Å². The predicted octanol–water partition coefficient (Wildman–Crippen LogP) is 2.95. The first-order chi connectivity index (χ1) is 9.83. The normalized spacial score (nSPS) is 11.9. The van der Waals surface area contributed by atoms with Crippen LogP contribution in [0.15, 0.2) is 48.7 Å². The van der Waals surface area contributed by atoms with Gasteiger partial charge in [-0.1, -0.05) is 13.0 Å². The highest BCUT2D eigenvalue weighted by Gasteiger charge is 2.12. The van der Waals surface area contributed by atoms with Crippen LogP contribution in [0, 0.1) is 0 Å². The highest BCUT2D eigenvalue weighted by atomic mass is 16.5. The van der Waals surface area contributed by atoms with Gasteiger partial charge in [-0.25, -0.2) is 0 Å². The van der Waals surface area contributed by atoms with Crippen LogP contribution in [-0.2, 0) is 0 Å². The summed E-state index contributed by atoms with van der Waals surface area (Å²) in [6.45, 7) is 3.18. The summed E-state index contributed by atoms with van der Waals surface area (Å²) >= 11 is 0. The Morgan fingerprint density at radius 3 is 2.45 bits per heavy atom. The summed E-state index contributed by atoms with van der Waals surface area (Å²) in [5, 5.41) is 0. The second-order valence-corrected chi connectivity index (χ2v) is 4.42. The molecular weight excluding hydrogens is 252 g/mol. The first-order valence-electron chi connectivity index (χ1n) is 6.84. The first kappa shape index (κ1) is 14.3. The average Bonchev–Trinajstić information content (AvgIpc) is 2.52. The molecule has 2 N–H and O–H groups in total. The molecular formula is C16H20N2O2. The molecule has 1 aromatic carbocycles. The van der Waals surface area contributed by atoms with Gasteiger partial charge in [-0.2, -0.15) is 0 Å². The van der Waals surface area contributed by atoms with E-state index >= 15 is 0 Å². The van der Waals surface area contributed by atoms with Crippen LogP contribution in [-0.4, -0.2) is 18.1 Å². The zero-order valence-electron chi connectivity index (χ0n) is 11.7. The van der Waals surface area contributed by atoms with Gasteiger partial charge in [0.25, 0.3) is 0 Å². The molecule has 4 nitrogen and oxygen atoms in total. The summed E-state index contributed by atoms with van der Waals surface area (Å²) in [6, 6.07) is 13.3. The van der Waals surface area contributed by atoms with Crippen molar-refractivity contribution in [2.75, 3.05) is 13.2 Å². The Morgan fingerprint density at radius 1 is 1.10 bits per heavy atom. The Morgan fingerprint density at radius 2 is 1.85 bits per heavy atom. The van der Waals surface area contributed by atoms with E-state index in [1.807, 2.05) is 42.5 Å². The summed E-state index contributed by atoms with van der Waals surface area (Å²) in [6.07, 6.45) is 2.49. The molecule has 0 saturated heterocycles. The molecule has 0 aliphatic heterocycles. The van der Waals surface area contributed by atoms with Crippen molar-refractivity contribution in [1.29, 1.82) is 0 Å². The maximum absolute atomic E-state index is 5.87. The van der Waals surface area contributed by atoms with Crippen LogP contribution in [0.25, 0.3) is 0 Å². The zero-order valence-corrected chi connectivity index (χ0v) is 11.7. The van der Waals surface area contributed by atoms with Crippen molar-refractivity contribution in [2.24, 2.45) is 5.73 Å². The predicted molar refractivity (Wildman–Crippen MR) is 78.9 cm³/mol. The molecule has 0 aliphatic carbocycles. The molecule has 0 bridgehead atoms. The highest BCUT2D eigenvalue weighted by Crippen LogP contribution is 2.22. The smallest absolute Gasteiger partial charge is 0.153 e. The second-order valence-electron chi connectivity index (χ2n) is 4.42. The van der Waals surface area contributed by atoms with Crippen molar-refractivity contribution < 1.29 is 9.47 Å². The van der Waals surface area contributed by atoms with E-state index in [-0.39, 0.29) is 6.10 Å². The first-order valence-corrected chi connectivity index (χ1v) is 6.84. The van der Waals surface area contributed by atoms with Crippen LogP contribution in [0.5, 0.6) is 11.5 Å². The third kappa shape index (κ3) is 3.96. The summed E-state index contributed by atoms with van der Waals surface area (Å²) in [5.41, 5.74) is 6.59. The maximum atomic E-state index is 5.87. The number of pyridine rings is 1. The Balaban J connectivity index is 2.01. The lowest BCUT2D eigenvalue weighted by Gasteiger charge is -2.17. The summed E-state index contributed by atoms with van der Waals surface area (Å²) in [5.74, 6) is 1.61. The van der Waals surface area contributed by atoms with E-state index in [1.54, 1.807) is 6.20 Å². The minimum atomic E-state index is -0.237. The lowest BCUT2D eigenvalue weighted by molar-refractivity contribution is 0.209. The molecule has 2 aromatic rings. The SMILES string of the molecule is CCCOc1ccc(OC(CN)c2ccccn2)cc1. The molecule has 1 atom stereocenters. The van der Waals surface area contributed by atoms with E-state index < -0.39 is 0 Å². The van der Waals surface area contributed by atoms with Crippen LogP contribution in [0.3, 0.4) is 0 Å². The number of nitrogens with zero attached hydrogens (tertiary/aromatic N) is 1. The van der Waals surface area contributed by atoms with Gasteiger partial charge >= 0.3 is 0 Å². The molecule has 0 spiro atoms. The third-order valence-corrected chi connectivity index (χ3v) is 2.81. The number of nitrogens with two attached hydrogens (primary N) is 1. The van der Waals surface area contributed by atoms with Crippen molar-refractivity contribution in [3.63, 3.8) is 0 Å². The molecule has 0 saturated carbocycles. The molecule has 0 fully saturated rings. The lowest BCUT2D eigenvalue weighted by atomic mass is 10.2. The fourth-order valence-corrected chi connectivity index (χ4v) is 1.79. The van der Waals surface area contributed by atoms with Gasteiger partial charge in [0.2, 0.25) is 0 Å². The van der Waals surface area contributed by atoms with Crippen molar-refractivity contribution >= 4 is 0 Å². The summed E-state index contributed by atoms with van der Waals surface area (Å²) < 4.78 is 11.4. The number of hydrogen-bond donors (Lipinski definition) is 1. The van der Waals surface area contributed by atoms with Gasteiger partial charge in [0.1, 0.15) is 11.5 Å². The third-order valence-electron chi connectivity index (χ3n) is 2.81. The molecule has 4 heteroatoms. The van der Waals surface area contributed by atoms with E-state index in [2.05, 4.69) is 11.9 Å². The maximum Gasteiger partial charge on any atom is 0.153 e. The van der Waals surface area contributed by atoms with Crippen molar-refractivity contribution in [3.05, 3.63) is 54.4 Å².